The summed E-state index contributed by atoms with van der Waals surface area (Å²) in [5, 5.41) is 10.9. The van der Waals surface area contributed by atoms with Gasteiger partial charge in [-0.15, -0.1) is 0 Å². The Labute approximate surface area is 153 Å². The zero-order valence-corrected chi connectivity index (χ0v) is 15.3. The normalized spacial score (nSPS) is 19.8. The Kier molecular flexibility index (Phi) is 5.03. The number of hydrogen-bond acceptors (Lipinski definition) is 5. The molecule has 2 aliphatic heterocycles. The number of amides is 1. The maximum atomic E-state index is 12.6. The average Bonchev–Trinajstić information content (AvgIpc) is 3.29. The highest BCUT2D eigenvalue weighted by molar-refractivity contribution is 5.83. The molecule has 0 saturated carbocycles. The minimum atomic E-state index is -0.383. The summed E-state index contributed by atoms with van der Waals surface area (Å²) in [4.78, 5) is 22.5. The van der Waals surface area contributed by atoms with Crippen LogP contribution in [-0.2, 0) is 30.8 Å². The number of imidazole rings is 1. The number of hydrogen-bond donors (Lipinski definition) is 3. The van der Waals surface area contributed by atoms with Crippen LogP contribution in [0.3, 0.4) is 0 Å². The standard InChI is InChI=1S/C18H27N7O/c1-2-3-6-24-7-8-25-14(11-24)9-13(23-25)10-20-18(26)17-16-15(4-5-19-17)21-12-22-16/h9,12,17,19H,2-8,10-11H2,1H3,(H,20,26)(H,21,22). The summed E-state index contributed by atoms with van der Waals surface area (Å²) >= 11 is 0. The van der Waals surface area contributed by atoms with Gasteiger partial charge in [0.05, 0.1) is 36.5 Å². The quantitative estimate of drug-likeness (QED) is 0.709. The van der Waals surface area contributed by atoms with E-state index in [-0.39, 0.29) is 11.9 Å². The van der Waals surface area contributed by atoms with Gasteiger partial charge in [-0.05, 0) is 19.0 Å². The van der Waals surface area contributed by atoms with E-state index in [0.717, 1.165) is 56.2 Å². The van der Waals surface area contributed by atoms with Crippen molar-refractivity contribution in [2.24, 2.45) is 0 Å². The first-order valence-electron chi connectivity index (χ1n) is 9.55. The molecule has 0 radical (unpaired) electrons. The van der Waals surface area contributed by atoms with Crippen LogP contribution in [0.2, 0.25) is 0 Å². The fourth-order valence-corrected chi connectivity index (χ4v) is 3.75. The third kappa shape index (κ3) is 3.52. The first kappa shape index (κ1) is 17.2. The van der Waals surface area contributed by atoms with E-state index in [0.29, 0.717) is 6.54 Å². The van der Waals surface area contributed by atoms with Gasteiger partial charge in [0, 0.05) is 31.7 Å². The fraction of sp³-hybridized carbons (Fsp3) is 0.611. The molecular formula is C18H27N7O. The smallest absolute Gasteiger partial charge is 0.243 e. The summed E-state index contributed by atoms with van der Waals surface area (Å²) in [7, 11) is 0. The second-order valence-corrected chi connectivity index (χ2v) is 7.10. The first-order valence-corrected chi connectivity index (χ1v) is 9.55. The lowest BCUT2D eigenvalue weighted by Crippen LogP contribution is -2.41. The van der Waals surface area contributed by atoms with Gasteiger partial charge in [0.25, 0.3) is 0 Å². The summed E-state index contributed by atoms with van der Waals surface area (Å²) in [6.07, 6.45) is 4.99. The molecule has 2 aromatic heterocycles. The lowest BCUT2D eigenvalue weighted by atomic mass is 10.1. The van der Waals surface area contributed by atoms with E-state index in [1.807, 2.05) is 0 Å². The number of carbonyl (C=O) groups is 1. The van der Waals surface area contributed by atoms with E-state index in [9.17, 15) is 4.79 Å². The molecule has 1 atom stereocenters. The minimum Gasteiger partial charge on any atom is -0.349 e. The first-order chi connectivity index (χ1) is 12.7. The molecule has 4 rings (SSSR count). The third-order valence-corrected chi connectivity index (χ3v) is 5.21. The number of fused-ring (bicyclic) bond motifs is 2. The van der Waals surface area contributed by atoms with Gasteiger partial charge >= 0.3 is 0 Å². The van der Waals surface area contributed by atoms with Crippen molar-refractivity contribution in [3.63, 3.8) is 0 Å². The van der Waals surface area contributed by atoms with Crippen molar-refractivity contribution >= 4 is 5.91 Å². The molecule has 8 heteroatoms. The predicted octanol–water partition coefficient (Wildman–Crippen LogP) is 0.725. The van der Waals surface area contributed by atoms with E-state index in [2.05, 4.69) is 48.3 Å². The van der Waals surface area contributed by atoms with Gasteiger partial charge in [0.2, 0.25) is 5.91 Å². The molecule has 0 aromatic carbocycles. The van der Waals surface area contributed by atoms with Crippen molar-refractivity contribution < 1.29 is 4.79 Å². The molecule has 2 aromatic rings. The van der Waals surface area contributed by atoms with Crippen molar-refractivity contribution in [3.8, 4) is 0 Å². The largest absolute Gasteiger partial charge is 0.349 e. The molecule has 2 aliphatic rings. The van der Waals surface area contributed by atoms with Gasteiger partial charge in [-0.3, -0.25) is 14.4 Å². The summed E-state index contributed by atoms with van der Waals surface area (Å²) in [6, 6.07) is 1.74. The van der Waals surface area contributed by atoms with Crippen molar-refractivity contribution in [2.75, 3.05) is 19.6 Å². The molecule has 0 saturated heterocycles. The highest BCUT2D eigenvalue weighted by Crippen LogP contribution is 2.19. The highest BCUT2D eigenvalue weighted by atomic mass is 16.2. The molecule has 4 heterocycles. The van der Waals surface area contributed by atoms with E-state index in [1.165, 1.54) is 18.5 Å². The number of nitrogens with one attached hydrogen (secondary N) is 3. The van der Waals surface area contributed by atoms with E-state index < -0.39 is 0 Å². The van der Waals surface area contributed by atoms with Crippen LogP contribution in [0.4, 0.5) is 0 Å². The fourth-order valence-electron chi connectivity index (χ4n) is 3.75. The minimum absolute atomic E-state index is 0.0476. The van der Waals surface area contributed by atoms with Crippen LogP contribution in [0.1, 0.15) is 48.6 Å². The van der Waals surface area contributed by atoms with Gasteiger partial charge < -0.3 is 15.6 Å². The maximum Gasteiger partial charge on any atom is 0.243 e. The van der Waals surface area contributed by atoms with Gasteiger partial charge in [-0.1, -0.05) is 13.3 Å². The van der Waals surface area contributed by atoms with Crippen molar-refractivity contribution in [2.45, 2.75) is 51.9 Å². The van der Waals surface area contributed by atoms with Crippen molar-refractivity contribution in [1.82, 2.24) is 35.3 Å². The molecular weight excluding hydrogens is 330 g/mol. The molecule has 0 spiro atoms. The Hall–Kier alpha value is -2.19. The number of H-pyrrole nitrogens is 1. The molecule has 8 nitrogen and oxygen atoms in total. The molecule has 1 unspecified atom stereocenters. The van der Waals surface area contributed by atoms with E-state index >= 15 is 0 Å². The summed E-state index contributed by atoms with van der Waals surface area (Å²) < 4.78 is 2.08. The third-order valence-electron chi connectivity index (χ3n) is 5.21. The van der Waals surface area contributed by atoms with Crippen LogP contribution in [-0.4, -0.2) is 50.2 Å². The van der Waals surface area contributed by atoms with Crippen molar-refractivity contribution in [3.05, 3.63) is 35.2 Å². The summed E-state index contributed by atoms with van der Waals surface area (Å²) in [5.41, 5.74) is 4.02. The Balaban J connectivity index is 1.35. The number of aromatic amines is 1. The van der Waals surface area contributed by atoms with E-state index in [4.69, 9.17) is 0 Å². The number of carbonyl (C=O) groups excluding carboxylic acids is 1. The van der Waals surface area contributed by atoms with Crippen LogP contribution in [0.25, 0.3) is 0 Å². The Morgan fingerprint density at radius 1 is 1.42 bits per heavy atom. The molecule has 0 bridgehead atoms. The van der Waals surface area contributed by atoms with Crippen LogP contribution >= 0.6 is 0 Å². The predicted molar refractivity (Wildman–Crippen MR) is 97.3 cm³/mol. The molecule has 0 aliphatic carbocycles. The highest BCUT2D eigenvalue weighted by Gasteiger charge is 2.28. The summed E-state index contributed by atoms with van der Waals surface area (Å²) in [6.45, 7) is 7.52. The lowest BCUT2D eigenvalue weighted by Gasteiger charge is -2.27. The van der Waals surface area contributed by atoms with Gasteiger partial charge in [-0.25, -0.2) is 4.98 Å². The van der Waals surface area contributed by atoms with Crippen LogP contribution < -0.4 is 10.6 Å². The monoisotopic (exact) mass is 357 g/mol. The topological polar surface area (TPSA) is 90.9 Å². The molecule has 0 fully saturated rings. The Bertz CT molecular complexity index is 765. The average molecular weight is 357 g/mol. The Morgan fingerprint density at radius 3 is 3.23 bits per heavy atom. The number of rotatable bonds is 6. The van der Waals surface area contributed by atoms with E-state index in [1.54, 1.807) is 6.33 Å². The SMILES string of the molecule is CCCCN1CCn2nc(CNC(=O)C3NCCc4[nH]cnc43)cc2C1. The lowest BCUT2D eigenvalue weighted by molar-refractivity contribution is -0.123. The second-order valence-electron chi connectivity index (χ2n) is 7.10. The Morgan fingerprint density at radius 2 is 2.35 bits per heavy atom. The summed E-state index contributed by atoms with van der Waals surface area (Å²) in [5.74, 6) is -0.0476. The van der Waals surface area contributed by atoms with Crippen LogP contribution in [0.5, 0.6) is 0 Å². The molecule has 26 heavy (non-hydrogen) atoms. The van der Waals surface area contributed by atoms with Crippen LogP contribution in [0.15, 0.2) is 12.4 Å². The van der Waals surface area contributed by atoms with Gasteiger partial charge in [0.1, 0.15) is 6.04 Å². The van der Waals surface area contributed by atoms with Gasteiger partial charge in [-0.2, -0.15) is 5.10 Å². The number of unbranched alkanes of at least 4 members (excludes halogenated alkanes) is 1. The molecule has 140 valence electrons. The van der Waals surface area contributed by atoms with Crippen molar-refractivity contribution in [1.29, 1.82) is 0 Å². The molecule has 3 N–H and O–H groups in total. The number of nitrogens with zero attached hydrogens (tertiary/aromatic N) is 4. The maximum absolute atomic E-state index is 12.6. The molecule has 1 amide bonds. The van der Waals surface area contributed by atoms with Gasteiger partial charge in [0.15, 0.2) is 0 Å². The zero-order valence-electron chi connectivity index (χ0n) is 15.3. The number of aromatic nitrogens is 4. The van der Waals surface area contributed by atoms with Crippen LogP contribution in [0, 0.1) is 0 Å². The zero-order chi connectivity index (χ0) is 17.9. The second kappa shape index (κ2) is 7.59.